The summed E-state index contributed by atoms with van der Waals surface area (Å²) in [5.74, 6) is 0. The van der Waals surface area contributed by atoms with Crippen LogP contribution in [0.3, 0.4) is 0 Å². The third-order valence-electron chi connectivity index (χ3n) is 9.41. The first-order valence-electron chi connectivity index (χ1n) is 16.3. The van der Waals surface area contributed by atoms with Gasteiger partial charge in [0.25, 0.3) is 0 Å². The van der Waals surface area contributed by atoms with Crippen LogP contribution in [0.15, 0.2) is 121 Å². The third kappa shape index (κ3) is 4.29. The van der Waals surface area contributed by atoms with Gasteiger partial charge in [0.05, 0.1) is 0 Å². The van der Waals surface area contributed by atoms with Crippen LogP contribution in [0.1, 0.15) is 49.9 Å². The van der Waals surface area contributed by atoms with E-state index in [0.717, 1.165) is 0 Å². The first-order chi connectivity index (χ1) is 22.6. The Kier molecular flexibility index (Phi) is 6.80. The number of hydrogen-bond donors (Lipinski definition) is 0. The highest BCUT2D eigenvalue weighted by atomic mass is 14.2. The molecule has 0 saturated carbocycles. The van der Waals surface area contributed by atoms with Crippen molar-refractivity contribution >= 4 is 88.9 Å². The van der Waals surface area contributed by atoms with E-state index < -0.39 is 0 Å². The standard InChI is InChI=1S/C46H36/c1-5-12-29-20-21-35-33(22-29)23-30(13-6-2)26-40(35)44-36-16-9-10-17-37(36)46-42-28-32(15-8-4)25-34-24-31(14-7-3)27-41(43(34)42)38-18-11-19-39(44)45(38)46/h5-28H,1-4H3/b12-5-,13-6-,14-7+,15-8-. The highest BCUT2D eigenvalue weighted by Crippen LogP contribution is 2.49. The third-order valence-corrected chi connectivity index (χ3v) is 9.41. The maximum atomic E-state index is 2.41. The average molecular weight is 589 g/mol. The fourth-order valence-electron chi connectivity index (χ4n) is 7.78. The van der Waals surface area contributed by atoms with Crippen LogP contribution in [0.5, 0.6) is 0 Å². The number of rotatable bonds is 5. The van der Waals surface area contributed by atoms with Gasteiger partial charge in [-0.25, -0.2) is 0 Å². The Bertz CT molecular complexity index is 2590. The second-order valence-electron chi connectivity index (χ2n) is 12.3. The number of hydrogen-bond acceptors (Lipinski definition) is 0. The predicted octanol–water partition coefficient (Wildman–Crippen LogP) is 13.8. The molecule has 0 N–H and O–H groups in total. The molecule has 0 aliphatic rings. The lowest BCUT2D eigenvalue weighted by Crippen LogP contribution is -1.94. The first kappa shape index (κ1) is 28.0. The Balaban J connectivity index is 1.64. The van der Waals surface area contributed by atoms with Gasteiger partial charge in [-0.05, 0) is 168 Å². The molecule has 0 unspecified atom stereocenters. The molecule has 0 aromatic heterocycles. The van der Waals surface area contributed by atoms with Crippen LogP contribution in [0.2, 0.25) is 0 Å². The summed E-state index contributed by atoms with van der Waals surface area (Å²) in [7, 11) is 0. The zero-order valence-corrected chi connectivity index (χ0v) is 26.9. The molecule has 46 heavy (non-hydrogen) atoms. The Hall–Kier alpha value is -5.46. The summed E-state index contributed by atoms with van der Waals surface area (Å²) in [6, 6.07) is 37.1. The van der Waals surface area contributed by atoms with Gasteiger partial charge < -0.3 is 0 Å². The van der Waals surface area contributed by atoms with Crippen molar-refractivity contribution in [1.82, 2.24) is 0 Å². The van der Waals surface area contributed by atoms with Crippen LogP contribution in [-0.4, -0.2) is 0 Å². The monoisotopic (exact) mass is 588 g/mol. The molecular formula is C46H36. The molecular weight excluding hydrogens is 553 g/mol. The second-order valence-corrected chi connectivity index (χ2v) is 12.3. The van der Waals surface area contributed by atoms with E-state index in [1.165, 1.54) is 98.0 Å². The van der Waals surface area contributed by atoms with Crippen molar-refractivity contribution < 1.29 is 0 Å². The van der Waals surface area contributed by atoms with Gasteiger partial charge in [0.1, 0.15) is 0 Å². The molecule has 0 spiro atoms. The summed E-state index contributed by atoms with van der Waals surface area (Å²) < 4.78 is 0. The smallest absolute Gasteiger partial charge is 0.00134 e. The minimum absolute atomic E-state index is 1.22. The van der Waals surface area contributed by atoms with E-state index in [9.17, 15) is 0 Å². The van der Waals surface area contributed by atoms with E-state index >= 15 is 0 Å². The van der Waals surface area contributed by atoms with Crippen LogP contribution in [0.4, 0.5) is 0 Å². The molecule has 0 fully saturated rings. The van der Waals surface area contributed by atoms with Gasteiger partial charge in [0.2, 0.25) is 0 Å². The molecule has 8 aromatic carbocycles. The van der Waals surface area contributed by atoms with Gasteiger partial charge in [-0.3, -0.25) is 0 Å². The molecule has 0 heteroatoms. The van der Waals surface area contributed by atoms with Gasteiger partial charge in [0.15, 0.2) is 0 Å². The van der Waals surface area contributed by atoms with Crippen LogP contribution >= 0.6 is 0 Å². The zero-order chi connectivity index (χ0) is 31.4. The van der Waals surface area contributed by atoms with Crippen molar-refractivity contribution in [3.05, 3.63) is 144 Å². The molecule has 0 nitrogen and oxygen atoms in total. The van der Waals surface area contributed by atoms with Crippen LogP contribution in [-0.2, 0) is 0 Å². The second kappa shape index (κ2) is 11.2. The molecule has 0 bridgehead atoms. The van der Waals surface area contributed by atoms with Crippen molar-refractivity contribution in [2.24, 2.45) is 0 Å². The Morgan fingerprint density at radius 1 is 0.348 bits per heavy atom. The normalized spacial score (nSPS) is 12.9. The van der Waals surface area contributed by atoms with E-state index in [1.54, 1.807) is 0 Å². The predicted molar refractivity (Wildman–Crippen MR) is 207 cm³/mol. The quantitative estimate of drug-likeness (QED) is 0.139. The van der Waals surface area contributed by atoms with E-state index in [1.807, 2.05) is 0 Å². The molecule has 0 saturated heterocycles. The molecule has 0 heterocycles. The van der Waals surface area contributed by atoms with Gasteiger partial charge >= 0.3 is 0 Å². The lowest BCUT2D eigenvalue weighted by atomic mass is 9.81. The lowest BCUT2D eigenvalue weighted by molar-refractivity contribution is 1.65. The molecule has 8 rings (SSSR count). The van der Waals surface area contributed by atoms with E-state index in [2.05, 4.69) is 173 Å². The topological polar surface area (TPSA) is 0 Å². The molecule has 0 atom stereocenters. The minimum Gasteiger partial charge on any atom is -0.0871 e. The fourth-order valence-corrected chi connectivity index (χ4v) is 7.78. The maximum Gasteiger partial charge on any atom is -0.00134 e. The van der Waals surface area contributed by atoms with Crippen LogP contribution in [0, 0.1) is 0 Å². The van der Waals surface area contributed by atoms with E-state index in [4.69, 9.17) is 0 Å². The zero-order valence-electron chi connectivity index (χ0n) is 26.9. The Morgan fingerprint density at radius 3 is 1.59 bits per heavy atom. The Morgan fingerprint density at radius 2 is 0.870 bits per heavy atom. The van der Waals surface area contributed by atoms with Crippen molar-refractivity contribution in [2.45, 2.75) is 27.7 Å². The van der Waals surface area contributed by atoms with Gasteiger partial charge in [-0.1, -0.05) is 103 Å². The maximum absolute atomic E-state index is 2.41. The molecule has 0 aliphatic heterocycles. The summed E-state index contributed by atoms with van der Waals surface area (Å²) in [6.45, 7) is 8.37. The highest BCUT2D eigenvalue weighted by Gasteiger charge is 2.21. The first-order valence-corrected chi connectivity index (χ1v) is 16.3. The van der Waals surface area contributed by atoms with E-state index in [0.29, 0.717) is 0 Å². The van der Waals surface area contributed by atoms with Crippen molar-refractivity contribution in [3.63, 3.8) is 0 Å². The SMILES string of the molecule is C/C=C\c1ccc2c(-c3c4ccccc4c4c5cc(/C=C\C)cc6cc(/C=C/C)cc(c7cccc3c74)c65)cc(/C=C\C)cc2c1. The van der Waals surface area contributed by atoms with Crippen molar-refractivity contribution in [3.8, 4) is 11.1 Å². The van der Waals surface area contributed by atoms with Crippen LogP contribution < -0.4 is 0 Å². The largest absolute Gasteiger partial charge is 0.0871 e. The molecule has 220 valence electrons. The highest BCUT2D eigenvalue weighted by molar-refractivity contribution is 6.41. The van der Waals surface area contributed by atoms with Crippen molar-refractivity contribution in [1.29, 1.82) is 0 Å². The van der Waals surface area contributed by atoms with Gasteiger partial charge in [0, 0.05) is 0 Å². The summed E-state index contributed by atoms with van der Waals surface area (Å²) in [5.41, 5.74) is 7.49. The summed E-state index contributed by atoms with van der Waals surface area (Å²) in [5, 5.41) is 15.7. The van der Waals surface area contributed by atoms with Crippen LogP contribution in [0.25, 0.3) is 100 Å². The van der Waals surface area contributed by atoms with Gasteiger partial charge in [-0.15, -0.1) is 0 Å². The number of benzene rings is 8. The number of fused-ring (bicyclic) bond motifs is 5. The molecule has 0 aliphatic carbocycles. The summed E-state index contributed by atoms with van der Waals surface area (Å²) >= 11 is 0. The lowest BCUT2D eigenvalue weighted by Gasteiger charge is -2.21. The summed E-state index contributed by atoms with van der Waals surface area (Å²) in [6.07, 6.45) is 17.4. The Labute approximate surface area is 270 Å². The average Bonchev–Trinajstić information content (AvgIpc) is 3.06. The fraction of sp³-hybridized carbons (Fsp3) is 0.0870. The molecule has 0 amide bonds. The number of allylic oxidation sites excluding steroid dienone is 4. The minimum atomic E-state index is 1.22. The molecule has 8 aromatic rings. The van der Waals surface area contributed by atoms with E-state index in [-0.39, 0.29) is 0 Å². The summed E-state index contributed by atoms with van der Waals surface area (Å²) in [4.78, 5) is 0. The molecule has 0 radical (unpaired) electrons. The van der Waals surface area contributed by atoms with Crippen molar-refractivity contribution in [2.75, 3.05) is 0 Å². The van der Waals surface area contributed by atoms with Gasteiger partial charge in [-0.2, -0.15) is 0 Å².